The number of aromatic nitrogens is 2. The van der Waals surface area contributed by atoms with Crippen LogP contribution in [0.2, 0.25) is 0 Å². The van der Waals surface area contributed by atoms with Gasteiger partial charge in [0.25, 0.3) is 0 Å². The molecule has 0 amide bonds. The highest BCUT2D eigenvalue weighted by atomic mass is 16.5. The van der Waals surface area contributed by atoms with Crippen molar-refractivity contribution in [1.82, 2.24) is 9.97 Å². The molecular weight excluding hydrogens is 240 g/mol. The normalized spacial score (nSPS) is 9.68. The summed E-state index contributed by atoms with van der Waals surface area (Å²) in [5.74, 6) is 1.33. The van der Waals surface area contributed by atoms with Gasteiger partial charge in [0.1, 0.15) is 12.4 Å². The number of ether oxygens (including phenoxy) is 1. The topological polar surface area (TPSA) is 70.8 Å². The van der Waals surface area contributed by atoms with E-state index in [1.165, 1.54) is 0 Å². The van der Waals surface area contributed by atoms with Crippen LogP contribution < -0.4 is 10.1 Å². The van der Waals surface area contributed by atoms with Crippen molar-refractivity contribution < 1.29 is 4.74 Å². The zero-order valence-corrected chi connectivity index (χ0v) is 10.6. The van der Waals surface area contributed by atoms with Gasteiger partial charge in [-0.05, 0) is 36.8 Å². The van der Waals surface area contributed by atoms with E-state index in [4.69, 9.17) is 10.00 Å². The molecule has 2 aromatic rings. The van der Waals surface area contributed by atoms with Crippen LogP contribution in [-0.4, -0.2) is 23.1 Å². The molecule has 0 unspecified atom stereocenters. The Kier molecular flexibility index (Phi) is 4.29. The zero-order valence-electron chi connectivity index (χ0n) is 10.6. The number of aryl methyl sites for hydroxylation is 1. The van der Waals surface area contributed by atoms with Crippen molar-refractivity contribution in [3.8, 4) is 11.8 Å². The second-order valence-corrected chi connectivity index (χ2v) is 4.00. The van der Waals surface area contributed by atoms with E-state index < -0.39 is 0 Å². The number of anilines is 1. The number of nitrogens with zero attached hydrogens (tertiary/aromatic N) is 3. The van der Waals surface area contributed by atoms with Gasteiger partial charge in [0.15, 0.2) is 0 Å². The van der Waals surface area contributed by atoms with Gasteiger partial charge in [0.05, 0.1) is 18.2 Å². The van der Waals surface area contributed by atoms with Gasteiger partial charge in [-0.25, -0.2) is 9.97 Å². The molecule has 19 heavy (non-hydrogen) atoms. The Bertz CT molecular complexity index is 557. The lowest BCUT2D eigenvalue weighted by molar-refractivity contribution is 0.332. The summed E-state index contributed by atoms with van der Waals surface area (Å²) in [6.07, 6.45) is 3.52. The van der Waals surface area contributed by atoms with Crippen molar-refractivity contribution in [3.05, 3.63) is 47.8 Å². The third-order valence-corrected chi connectivity index (χ3v) is 2.42. The summed E-state index contributed by atoms with van der Waals surface area (Å²) < 4.78 is 5.52. The number of rotatable bonds is 5. The fraction of sp³-hybridized carbons (Fsp3) is 0.214. The van der Waals surface area contributed by atoms with Gasteiger partial charge in [0.2, 0.25) is 5.95 Å². The molecule has 96 valence electrons. The van der Waals surface area contributed by atoms with Crippen LogP contribution >= 0.6 is 0 Å². The fourth-order valence-electron chi connectivity index (χ4n) is 1.44. The maximum atomic E-state index is 8.67. The van der Waals surface area contributed by atoms with Crippen molar-refractivity contribution >= 4 is 5.95 Å². The van der Waals surface area contributed by atoms with E-state index >= 15 is 0 Å². The third-order valence-electron chi connectivity index (χ3n) is 2.42. The number of nitrogens with one attached hydrogen (secondary N) is 1. The first-order valence-corrected chi connectivity index (χ1v) is 5.93. The number of hydrogen-bond donors (Lipinski definition) is 1. The summed E-state index contributed by atoms with van der Waals surface area (Å²) in [5.41, 5.74) is 1.65. The minimum atomic E-state index is 0.503. The molecule has 2 rings (SSSR count). The van der Waals surface area contributed by atoms with Gasteiger partial charge in [0, 0.05) is 12.4 Å². The van der Waals surface area contributed by atoms with Gasteiger partial charge in [-0.2, -0.15) is 5.26 Å². The second-order valence-electron chi connectivity index (χ2n) is 4.00. The minimum Gasteiger partial charge on any atom is -0.492 e. The molecule has 0 fully saturated rings. The van der Waals surface area contributed by atoms with Crippen molar-refractivity contribution in [1.29, 1.82) is 5.26 Å². The van der Waals surface area contributed by atoms with E-state index in [-0.39, 0.29) is 0 Å². The van der Waals surface area contributed by atoms with Crippen LogP contribution in [0.4, 0.5) is 5.95 Å². The van der Waals surface area contributed by atoms with Gasteiger partial charge >= 0.3 is 0 Å². The molecule has 1 N–H and O–H groups in total. The zero-order chi connectivity index (χ0) is 13.5. The standard InChI is InChI=1S/C14H14N4O/c1-11-9-17-14(18-10-11)16-6-7-19-13-4-2-12(8-15)3-5-13/h2-5,9-10H,6-7H2,1H3,(H,16,17,18). The Morgan fingerprint density at radius 2 is 1.89 bits per heavy atom. The lowest BCUT2D eigenvalue weighted by atomic mass is 10.2. The van der Waals surface area contributed by atoms with Crippen molar-refractivity contribution in [2.24, 2.45) is 0 Å². The highest BCUT2D eigenvalue weighted by molar-refractivity contribution is 5.34. The smallest absolute Gasteiger partial charge is 0.222 e. The molecule has 0 aliphatic carbocycles. The molecule has 5 heteroatoms. The summed E-state index contributed by atoms with van der Waals surface area (Å²) in [5, 5.41) is 11.7. The monoisotopic (exact) mass is 254 g/mol. The lowest BCUT2D eigenvalue weighted by Gasteiger charge is -2.07. The van der Waals surface area contributed by atoms with Crippen LogP contribution in [0, 0.1) is 18.3 Å². The van der Waals surface area contributed by atoms with Gasteiger partial charge in [-0.1, -0.05) is 0 Å². The number of nitriles is 1. The second kappa shape index (κ2) is 6.36. The van der Waals surface area contributed by atoms with Crippen LogP contribution in [-0.2, 0) is 0 Å². The van der Waals surface area contributed by atoms with E-state index in [0.29, 0.717) is 24.7 Å². The van der Waals surface area contributed by atoms with Crippen LogP contribution in [0.1, 0.15) is 11.1 Å². The number of hydrogen-bond acceptors (Lipinski definition) is 5. The molecule has 0 atom stereocenters. The first-order chi connectivity index (χ1) is 9.28. The highest BCUT2D eigenvalue weighted by Gasteiger charge is 1.96. The SMILES string of the molecule is Cc1cnc(NCCOc2ccc(C#N)cc2)nc1. The predicted molar refractivity (Wildman–Crippen MR) is 71.9 cm³/mol. The molecule has 1 aromatic carbocycles. The quantitative estimate of drug-likeness (QED) is 0.828. The molecule has 0 saturated heterocycles. The molecule has 0 aliphatic rings. The summed E-state index contributed by atoms with van der Waals surface area (Å²) in [6.45, 7) is 3.06. The van der Waals surface area contributed by atoms with Crippen LogP contribution in [0.3, 0.4) is 0 Å². The molecule has 1 aromatic heterocycles. The summed E-state index contributed by atoms with van der Waals surface area (Å²) >= 11 is 0. The summed E-state index contributed by atoms with van der Waals surface area (Å²) in [7, 11) is 0. The number of benzene rings is 1. The Morgan fingerprint density at radius 1 is 1.21 bits per heavy atom. The first kappa shape index (κ1) is 12.8. The van der Waals surface area contributed by atoms with Crippen molar-refractivity contribution in [3.63, 3.8) is 0 Å². The summed E-state index contributed by atoms with van der Waals surface area (Å²) in [6, 6.07) is 9.08. The van der Waals surface area contributed by atoms with Crippen LogP contribution in [0.25, 0.3) is 0 Å². The molecule has 0 aliphatic heterocycles. The molecule has 1 heterocycles. The van der Waals surface area contributed by atoms with Crippen molar-refractivity contribution in [2.75, 3.05) is 18.5 Å². The van der Waals surface area contributed by atoms with Gasteiger partial charge < -0.3 is 10.1 Å². The van der Waals surface area contributed by atoms with E-state index in [2.05, 4.69) is 21.4 Å². The molecule has 5 nitrogen and oxygen atoms in total. The lowest BCUT2D eigenvalue weighted by Crippen LogP contribution is -2.13. The van der Waals surface area contributed by atoms with E-state index in [1.807, 2.05) is 6.92 Å². The van der Waals surface area contributed by atoms with E-state index in [1.54, 1.807) is 36.7 Å². The maximum absolute atomic E-state index is 8.67. The molecule has 0 spiro atoms. The Morgan fingerprint density at radius 3 is 2.53 bits per heavy atom. The van der Waals surface area contributed by atoms with Crippen LogP contribution in [0.15, 0.2) is 36.7 Å². The van der Waals surface area contributed by atoms with Gasteiger partial charge in [-0.15, -0.1) is 0 Å². The average Bonchev–Trinajstić information content (AvgIpc) is 2.46. The minimum absolute atomic E-state index is 0.503. The largest absolute Gasteiger partial charge is 0.492 e. The Hall–Kier alpha value is -2.61. The van der Waals surface area contributed by atoms with Gasteiger partial charge in [-0.3, -0.25) is 0 Å². The molecular formula is C14H14N4O. The highest BCUT2D eigenvalue weighted by Crippen LogP contribution is 2.11. The predicted octanol–water partition coefficient (Wildman–Crippen LogP) is 2.15. The Labute approximate surface area is 111 Å². The first-order valence-electron chi connectivity index (χ1n) is 5.93. The average molecular weight is 254 g/mol. The van der Waals surface area contributed by atoms with Crippen molar-refractivity contribution in [2.45, 2.75) is 6.92 Å². The fourth-order valence-corrected chi connectivity index (χ4v) is 1.44. The Balaban J connectivity index is 1.74. The third kappa shape index (κ3) is 3.96. The van der Waals surface area contributed by atoms with E-state index in [0.717, 1.165) is 11.3 Å². The van der Waals surface area contributed by atoms with E-state index in [9.17, 15) is 0 Å². The molecule has 0 radical (unpaired) electrons. The molecule has 0 saturated carbocycles. The van der Waals surface area contributed by atoms with Crippen LogP contribution in [0.5, 0.6) is 5.75 Å². The summed E-state index contributed by atoms with van der Waals surface area (Å²) in [4.78, 5) is 8.26. The maximum Gasteiger partial charge on any atom is 0.222 e. The molecule has 0 bridgehead atoms.